The van der Waals surface area contributed by atoms with E-state index in [4.69, 9.17) is 18.9 Å². The average molecular weight is 1020 g/mol. The van der Waals surface area contributed by atoms with Gasteiger partial charge in [0.1, 0.15) is 13.2 Å². The van der Waals surface area contributed by atoms with Crippen molar-refractivity contribution in [2.45, 2.75) is 328 Å². The fourth-order valence-corrected chi connectivity index (χ4v) is 9.42. The molecule has 0 aliphatic carbocycles. The highest BCUT2D eigenvalue weighted by Gasteiger charge is 2.25. The lowest BCUT2D eigenvalue weighted by molar-refractivity contribution is -0.870. The largest absolute Gasteiger partial charge is 0.477 e. The highest BCUT2D eigenvalue weighted by atomic mass is 16.7. The number of carboxylic acids is 1. The van der Waals surface area contributed by atoms with Crippen LogP contribution in [0.2, 0.25) is 0 Å². The molecule has 0 saturated carbocycles. The van der Waals surface area contributed by atoms with E-state index in [-0.39, 0.29) is 32.2 Å². The van der Waals surface area contributed by atoms with Crippen molar-refractivity contribution in [1.29, 1.82) is 0 Å². The van der Waals surface area contributed by atoms with Crippen LogP contribution in [-0.2, 0) is 33.3 Å². The van der Waals surface area contributed by atoms with E-state index < -0.39 is 24.3 Å². The van der Waals surface area contributed by atoms with Crippen molar-refractivity contribution in [3.63, 3.8) is 0 Å². The quantitative estimate of drug-likeness (QED) is 0.0211. The molecule has 0 heterocycles. The number of carbonyl (C=O) groups excluding carboxylic acids is 2. The average Bonchev–Trinajstić information content (AvgIpc) is 3.35. The first kappa shape index (κ1) is 70.0. The van der Waals surface area contributed by atoms with Crippen molar-refractivity contribution in [3.8, 4) is 0 Å². The number of likely N-dealkylation sites (N-methyl/N-ethyl adjacent to an activating group) is 1. The Labute approximate surface area is 446 Å². The molecular formula is C63H122NO8+. The van der Waals surface area contributed by atoms with Crippen LogP contribution in [0.4, 0.5) is 0 Å². The molecule has 0 fully saturated rings. The molecule has 0 aliphatic heterocycles. The van der Waals surface area contributed by atoms with Crippen LogP contribution in [0.15, 0.2) is 12.2 Å². The number of quaternary nitrogens is 1. The van der Waals surface area contributed by atoms with E-state index in [1.807, 2.05) is 21.1 Å². The Bertz CT molecular complexity index is 1190. The second-order valence-electron chi connectivity index (χ2n) is 22.7. The summed E-state index contributed by atoms with van der Waals surface area (Å²) in [5, 5.41) is 9.70. The van der Waals surface area contributed by atoms with Crippen molar-refractivity contribution in [2.75, 3.05) is 47.5 Å². The van der Waals surface area contributed by atoms with Crippen LogP contribution in [0.5, 0.6) is 0 Å². The number of esters is 2. The summed E-state index contributed by atoms with van der Waals surface area (Å²) in [4.78, 5) is 37.4. The van der Waals surface area contributed by atoms with Gasteiger partial charge in [-0.05, 0) is 38.5 Å². The lowest BCUT2D eigenvalue weighted by Crippen LogP contribution is -2.40. The first-order chi connectivity index (χ1) is 35.1. The number of hydrogen-bond acceptors (Lipinski definition) is 7. The van der Waals surface area contributed by atoms with Crippen LogP contribution >= 0.6 is 0 Å². The van der Waals surface area contributed by atoms with E-state index >= 15 is 0 Å². The number of nitrogens with zero attached hydrogens (tertiary/aromatic N) is 1. The first-order valence-electron chi connectivity index (χ1n) is 31.4. The molecule has 9 heteroatoms. The van der Waals surface area contributed by atoms with Crippen LogP contribution in [0.25, 0.3) is 0 Å². The minimum absolute atomic E-state index is 0.179. The normalized spacial score (nSPS) is 12.7. The van der Waals surface area contributed by atoms with Crippen molar-refractivity contribution in [1.82, 2.24) is 0 Å². The first-order valence-corrected chi connectivity index (χ1v) is 31.4. The van der Waals surface area contributed by atoms with E-state index in [0.717, 1.165) is 51.4 Å². The van der Waals surface area contributed by atoms with Gasteiger partial charge in [0.25, 0.3) is 6.29 Å². The van der Waals surface area contributed by atoms with Gasteiger partial charge in [-0.15, -0.1) is 0 Å². The molecule has 0 aromatic carbocycles. The van der Waals surface area contributed by atoms with Crippen molar-refractivity contribution >= 4 is 17.9 Å². The summed E-state index contributed by atoms with van der Waals surface area (Å²) in [6.07, 6.45) is 61.8. The Morgan fingerprint density at radius 2 is 0.708 bits per heavy atom. The fourth-order valence-electron chi connectivity index (χ4n) is 9.42. The summed E-state index contributed by atoms with van der Waals surface area (Å²) in [5.74, 6) is -1.99. The van der Waals surface area contributed by atoms with Crippen LogP contribution < -0.4 is 0 Å². The van der Waals surface area contributed by atoms with Crippen LogP contribution in [0.3, 0.4) is 0 Å². The molecule has 9 nitrogen and oxygen atoms in total. The zero-order valence-electron chi connectivity index (χ0n) is 48.6. The van der Waals surface area contributed by atoms with Crippen molar-refractivity contribution < 1.29 is 42.9 Å². The molecule has 0 aromatic rings. The maximum Gasteiger partial charge on any atom is 0.361 e. The molecule has 0 aromatic heterocycles. The Morgan fingerprint density at radius 3 is 1.03 bits per heavy atom. The summed E-state index contributed by atoms with van der Waals surface area (Å²) in [6, 6.07) is 0. The van der Waals surface area contributed by atoms with Gasteiger partial charge in [0.2, 0.25) is 0 Å². The van der Waals surface area contributed by atoms with Gasteiger partial charge in [-0.3, -0.25) is 9.59 Å². The Kier molecular flexibility index (Phi) is 53.8. The zero-order valence-corrected chi connectivity index (χ0v) is 48.6. The van der Waals surface area contributed by atoms with Gasteiger partial charge in [0.05, 0.1) is 34.4 Å². The van der Waals surface area contributed by atoms with Crippen LogP contribution in [0, 0.1) is 0 Å². The number of unbranched alkanes of at least 4 members (excludes halogenated alkanes) is 42. The summed E-state index contributed by atoms with van der Waals surface area (Å²) in [6.45, 7) is 4.92. The number of hydrogen-bond donors (Lipinski definition) is 1. The second-order valence-corrected chi connectivity index (χ2v) is 22.7. The van der Waals surface area contributed by atoms with Crippen molar-refractivity contribution in [3.05, 3.63) is 12.2 Å². The molecule has 0 bridgehead atoms. The van der Waals surface area contributed by atoms with Gasteiger partial charge in [-0.25, -0.2) is 4.79 Å². The molecule has 0 radical (unpaired) electrons. The predicted molar refractivity (Wildman–Crippen MR) is 305 cm³/mol. The summed E-state index contributed by atoms with van der Waals surface area (Å²) < 4.78 is 22.9. The minimum atomic E-state index is -1.51. The fraction of sp³-hybridized carbons (Fsp3) is 0.921. The van der Waals surface area contributed by atoms with Crippen LogP contribution in [-0.4, -0.2) is 87.4 Å². The predicted octanol–water partition coefficient (Wildman–Crippen LogP) is 18.5. The summed E-state index contributed by atoms with van der Waals surface area (Å²) in [5.41, 5.74) is 0. The third kappa shape index (κ3) is 55.8. The third-order valence-corrected chi connectivity index (χ3v) is 14.3. The van der Waals surface area contributed by atoms with Gasteiger partial charge in [0, 0.05) is 12.8 Å². The van der Waals surface area contributed by atoms with Gasteiger partial charge in [0.15, 0.2) is 6.10 Å². The maximum absolute atomic E-state index is 12.8. The summed E-state index contributed by atoms with van der Waals surface area (Å²) in [7, 11) is 5.98. The highest BCUT2D eigenvalue weighted by molar-refractivity contribution is 5.71. The number of aliphatic carboxylic acids is 1. The molecule has 0 amide bonds. The second kappa shape index (κ2) is 55.3. The molecular weight excluding hydrogens is 899 g/mol. The Balaban J connectivity index is 4.01. The molecule has 72 heavy (non-hydrogen) atoms. The van der Waals surface area contributed by atoms with Gasteiger partial charge in [-0.2, -0.15) is 0 Å². The van der Waals surface area contributed by atoms with Crippen LogP contribution in [0.1, 0.15) is 316 Å². The Morgan fingerprint density at radius 1 is 0.403 bits per heavy atom. The SMILES string of the molecule is CCCCCCCC/C=C\CCCCCCCC(=O)OC(COC(=O)CCCCCCCCCCCCCCCCCCCCCCCCCCCCCCCCCC)COC(OCC[N+](C)(C)C)C(=O)O. The molecule has 0 aliphatic rings. The van der Waals surface area contributed by atoms with Gasteiger partial charge >= 0.3 is 17.9 Å². The lowest BCUT2D eigenvalue weighted by atomic mass is 10.0. The third-order valence-electron chi connectivity index (χ3n) is 14.3. The smallest absolute Gasteiger partial charge is 0.361 e. The monoisotopic (exact) mass is 1020 g/mol. The number of rotatable bonds is 59. The minimum Gasteiger partial charge on any atom is -0.477 e. The molecule has 2 atom stereocenters. The number of ether oxygens (including phenoxy) is 4. The molecule has 0 saturated heterocycles. The van der Waals surface area contributed by atoms with E-state index in [0.29, 0.717) is 23.9 Å². The highest BCUT2D eigenvalue weighted by Crippen LogP contribution is 2.18. The molecule has 426 valence electrons. The Hall–Kier alpha value is -1.97. The lowest BCUT2D eigenvalue weighted by Gasteiger charge is -2.25. The number of carboxylic acid groups (broad SMARTS) is 1. The molecule has 0 rings (SSSR count). The van der Waals surface area contributed by atoms with Gasteiger partial charge < -0.3 is 28.5 Å². The van der Waals surface area contributed by atoms with E-state index in [2.05, 4.69) is 26.0 Å². The summed E-state index contributed by atoms with van der Waals surface area (Å²) >= 11 is 0. The zero-order chi connectivity index (χ0) is 52.7. The number of carbonyl (C=O) groups is 3. The van der Waals surface area contributed by atoms with Crippen molar-refractivity contribution in [2.24, 2.45) is 0 Å². The maximum atomic E-state index is 12.8. The molecule has 1 N–H and O–H groups in total. The standard InChI is InChI=1S/C63H121NO8/c1-6-8-10-12-14-16-18-20-22-23-24-25-26-27-28-29-30-31-32-33-34-35-36-37-38-40-41-43-45-47-49-51-53-60(65)70-57-59(58-71-63(62(67)68)69-56-55-64(3,4)5)72-61(66)54-52-50-48-46-44-42-39-21-19-17-15-13-11-9-7-2/h21,39,59,63H,6-20,22-38,40-58H2,1-5H3/p+1/b39-21-. The van der Waals surface area contributed by atoms with Gasteiger partial charge in [-0.1, -0.05) is 276 Å². The topological polar surface area (TPSA) is 108 Å². The van der Waals surface area contributed by atoms with E-state index in [1.54, 1.807) is 0 Å². The molecule has 2 unspecified atom stereocenters. The van der Waals surface area contributed by atoms with E-state index in [9.17, 15) is 19.5 Å². The van der Waals surface area contributed by atoms with E-state index in [1.165, 1.54) is 231 Å². The number of allylic oxidation sites excluding steroid dienone is 2. The molecule has 0 spiro atoms.